The first-order chi connectivity index (χ1) is 9.24. The van der Waals surface area contributed by atoms with Crippen LogP contribution in [0.15, 0.2) is 0 Å². The SMILES string of the molecule is CCNC1CCC(CC)CC1CN1CCSCC1C. The lowest BCUT2D eigenvalue weighted by atomic mass is 9.76. The van der Waals surface area contributed by atoms with Crippen LogP contribution in [0.5, 0.6) is 0 Å². The van der Waals surface area contributed by atoms with Gasteiger partial charge in [0.2, 0.25) is 0 Å². The van der Waals surface area contributed by atoms with Crippen molar-refractivity contribution in [1.29, 1.82) is 0 Å². The van der Waals surface area contributed by atoms with Crippen LogP contribution in [0.25, 0.3) is 0 Å². The molecule has 1 saturated heterocycles. The highest BCUT2D eigenvalue weighted by molar-refractivity contribution is 7.99. The molecule has 0 aromatic rings. The van der Waals surface area contributed by atoms with E-state index in [1.54, 1.807) is 0 Å². The van der Waals surface area contributed by atoms with Crippen LogP contribution in [0.3, 0.4) is 0 Å². The highest BCUT2D eigenvalue weighted by Crippen LogP contribution is 2.33. The molecule has 2 nitrogen and oxygen atoms in total. The largest absolute Gasteiger partial charge is 0.314 e. The molecule has 1 saturated carbocycles. The lowest BCUT2D eigenvalue weighted by molar-refractivity contribution is 0.123. The standard InChI is InChI=1S/C16H32N2S/c1-4-14-6-7-16(17-5-2)15(10-14)11-18-8-9-19-12-13(18)3/h13-17H,4-12H2,1-3H3. The molecule has 0 bridgehead atoms. The molecule has 112 valence electrons. The fourth-order valence-corrected chi connectivity index (χ4v) is 4.88. The topological polar surface area (TPSA) is 15.3 Å². The van der Waals surface area contributed by atoms with Crippen molar-refractivity contribution in [2.75, 3.05) is 31.1 Å². The van der Waals surface area contributed by atoms with Gasteiger partial charge in [-0.25, -0.2) is 0 Å². The Morgan fingerprint density at radius 3 is 2.79 bits per heavy atom. The van der Waals surface area contributed by atoms with Gasteiger partial charge < -0.3 is 5.32 Å². The van der Waals surface area contributed by atoms with E-state index >= 15 is 0 Å². The molecule has 3 heteroatoms. The predicted molar refractivity (Wildman–Crippen MR) is 86.9 cm³/mol. The van der Waals surface area contributed by atoms with Gasteiger partial charge in [0.25, 0.3) is 0 Å². The van der Waals surface area contributed by atoms with E-state index in [2.05, 4.69) is 42.7 Å². The van der Waals surface area contributed by atoms with Crippen LogP contribution >= 0.6 is 11.8 Å². The zero-order valence-corrected chi connectivity index (χ0v) is 13.8. The minimum absolute atomic E-state index is 0.773. The van der Waals surface area contributed by atoms with E-state index in [-0.39, 0.29) is 0 Å². The first-order valence-electron chi connectivity index (χ1n) is 8.29. The van der Waals surface area contributed by atoms with Crippen molar-refractivity contribution < 1.29 is 0 Å². The van der Waals surface area contributed by atoms with Crippen LogP contribution in [-0.4, -0.2) is 48.1 Å². The normalized spacial score (nSPS) is 37.4. The van der Waals surface area contributed by atoms with Gasteiger partial charge in [-0.2, -0.15) is 11.8 Å². The van der Waals surface area contributed by atoms with Gasteiger partial charge in [0.05, 0.1) is 0 Å². The third-order valence-electron chi connectivity index (χ3n) is 5.11. The zero-order chi connectivity index (χ0) is 13.7. The summed E-state index contributed by atoms with van der Waals surface area (Å²) in [6.45, 7) is 10.8. The van der Waals surface area contributed by atoms with Crippen LogP contribution in [0.4, 0.5) is 0 Å². The average molecular weight is 285 g/mol. The van der Waals surface area contributed by atoms with Crippen LogP contribution < -0.4 is 5.32 Å². The van der Waals surface area contributed by atoms with E-state index in [0.717, 1.165) is 30.5 Å². The molecule has 0 spiro atoms. The van der Waals surface area contributed by atoms with Crippen LogP contribution in [0, 0.1) is 11.8 Å². The number of thioether (sulfide) groups is 1. The summed E-state index contributed by atoms with van der Waals surface area (Å²) in [7, 11) is 0. The molecular formula is C16H32N2S. The van der Waals surface area contributed by atoms with Gasteiger partial charge in [0.1, 0.15) is 0 Å². The number of rotatable bonds is 5. The summed E-state index contributed by atoms with van der Waals surface area (Å²) in [4.78, 5) is 2.75. The highest BCUT2D eigenvalue weighted by Gasteiger charge is 2.32. The van der Waals surface area contributed by atoms with E-state index in [1.807, 2.05) is 0 Å². The van der Waals surface area contributed by atoms with Crippen molar-refractivity contribution in [3.8, 4) is 0 Å². The molecular weight excluding hydrogens is 252 g/mol. The van der Waals surface area contributed by atoms with Crippen LogP contribution in [0.2, 0.25) is 0 Å². The average Bonchev–Trinajstić information content (AvgIpc) is 2.43. The zero-order valence-electron chi connectivity index (χ0n) is 13.0. The summed E-state index contributed by atoms with van der Waals surface area (Å²) in [6.07, 6.45) is 5.66. The first kappa shape index (κ1) is 15.7. The second-order valence-electron chi connectivity index (χ2n) is 6.43. The number of hydrogen-bond donors (Lipinski definition) is 1. The molecule has 1 heterocycles. The summed E-state index contributed by atoms with van der Waals surface area (Å²) >= 11 is 2.13. The van der Waals surface area contributed by atoms with Crippen molar-refractivity contribution in [2.45, 2.75) is 58.5 Å². The maximum absolute atomic E-state index is 3.75. The lowest BCUT2D eigenvalue weighted by Crippen LogP contribution is -2.49. The molecule has 0 amide bonds. The minimum Gasteiger partial charge on any atom is -0.314 e. The van der Waals surface area contributed by atoms with Gasteiger partial charge in [-0.05, 0) is 44.6 Å². The van der Waals surface area contributed by atoms with Crippen molar-refractivity contribution in [3.05, 3.63) is 0 Å². The molecule has 0 radical (unpaired) electrons. The molecule has 0 aromatic carbocycles. The molecule has 2 aliphatic rings. The van der Waals surface area contributed by atoms with E-state index < -0.39 is 0 Å². The summed E-state index contributed by atoms with van der Waals surface area (Å²) in [6, 6.07) is 1.55. The van der Waals surface area contributed by atoms with Gasteiger partial charge in [-0.3, -0.25) is 4.90 Å². The Hall–Kier alpha value is 0.270. The van der Waals surface area contributed by atoms with Crippen molar-refractivity contribution >= 4 is 11.8 Å². The summed E-state index contributed by atoms with van der Waals surface area (Å²) in [5.74, 6) is 4.52. The maximum Gasteiger partial charge on any atom is 0.0158 e. The summed E-state index contributed by atoms with van der Waals surface area (Å²) in [5.41, 5.74) is 0. The Morgan fingerprint density at radius 1 is 1.26 bits per heavy atom. The van der Waals surface area contributed by atoms with Gasteiger partial charge in [0.15, 0.2) is 0 Å². The fourth-order valence-electron chi connectivity index (χ4n) is 3.80. The molecule has 19 heavy (non-hydrogen) atoms. The quantitative estimate of drug-likeness (QED) is 0.834. The molecule has 1 aliphatic carbocycles. The third-order valence-corrected chi connectivity index (χ3v) is 6.30. The minimum atomic E-state index is 0.773. The van der Waals surface area contributed by atoms with Crippen molar-refractivity contribution in [3.63, 3.8) is 0 Å². The molecule has 1 N–H and O–H groups in total. The highest BCUT2D eigenvalue weighted by atomic mass is 32.2. The summed E-state index contributed by atoms with van der Waals surface area (Å²) < 4.78 is 0. The van der Waals surface area contributed by atoms with Gasteiger partial charge in [0, 0.05) is 36.7 Å². The van der Waals surface area contributed by atoms with Crippen molar-refractivity contribution in [2.24, 2.45) is 11.8 Å². The molecule has 1 aliphatic heterocycles. The predicted octanol–water partition coefficient (Wildman–Crippen LogP) is 3.23. The molecule has 0 aromatic heterocycles. The Morgan fingerprint density at radius 2 is 2.11 bits per heavy atom. The van der Waals surface area contributed by atoms with Gasteiger partial charge in [-0.1, -0.05) is 20.3 Å². The maximum atomic E-state index is 3.75. The number of nitrogens with zero attached hydrogens (tertiary/aromatic N) is 1. The van der Waals surface area contributed by atoms with Crippen LogP contribution in [-0.2, 0) is 0 Å². The van der Waals surface area contributed by atoms with Gasteiger partial charge >= 0.3 is 0 Å². The number of nitrogens with one attached hydrogen (secondary N) is 1. The van der Waals surface area contributed by atoms with E-state index in [4.69, 9.17) is 0 Å². The molecule has 4 atom stereocenters. The van der Waals surface area contributed by atoms with E-state index in [0.29, 0.717) is 0 Å². The number of hydrogen-bond acceptors (Lipinski definition) is 3. The summed E-state index contributed by atoms with van der Waals surface area (Å²) in [5, 5.41) is 3.75. The van der Waals surface area contributed by atoms with Gasteiger partial charge in [-0.15, -0.1) is 0 Å². The Labute approximate surface area is 124 Å². The molecule has 2 fully saturated rings. The van der Waals surface area contributed by atoms with E-state index in [9.17, 15) is 0 Å². The van der Waals surface area contributed by atoms with Crippen LogP contribution in [0.1, 0.15) is 46.5 Å². The smallest absolute Gasteiger partial charge is 0.0158 e. The van der Waals surface area contributed by atoms with Crippen molar-refractivity contribution in [1.82, 2.24) is 10.2 Å². The first-order valence-corrected chi connectivity index (χ1v) is 9.45. The second-order valence-corrected chi connectivity index (χ2v) is 7.58. The molecule has 4 unspecified atom stereocenters. The monoisotopic (exact) mass is 284 g/mol. The Bertz CT molecular complexity index is 259. The third kappa shape index (κ3) is 4.37. The Balaban J connectivity index is 1.92. The molecule has 2 rings (SSSR count). The fraction of sp³-hybridized carbons (Fsp3) is 1.00. The lowest BCUT2D eigenvalue weighted by Gasteiger charge is -2.42. The second kappa shape index (κ2) is 7.90. The van der Waals surface area contributed by atoms with E-state index in [1.165, 1.54) is 50.3 Å². The Kier molecular flexibility index (Phi) is 6.51.